The molecule has 1 heterocycles. The monoisotopic (exact) mass is 254 g/mol. The number of hydrogen-bond acceptors (Lipinski definition) is 2. The largest absolute Gasteiger partial charge is 0.481 e. The standard InChI is InChI=1S/C13H22N2O3/c1-13(2,10-3-4-10)14-12(18)15-7-5-9(6-8-15)11(16)17/h9-10H,3-8H2,1-2H3,(H,14,18)(H,16,17). The molecule has 2 aliphatic rings. The third-order valence-corrected chi connectivity index (χ3v) is 4.16. The van der Waals surface area contributed by atoms with Gasteiger partial charge in [0.1, 0.15) is 0 Å². The van der Waals surface area contributed by atoms with Crippen molar-refractivity contribution in [1.29, 1.82) is 0 Å². The predicted octanol–water partition coefficient (Wildman–Crippen LogP) is 1.68. The minimum Gasteiger partial charge on any atom is -0.481 e. The molecule has 1 saturated carbocycles. The Morgan fingerprint density at radius 1 is 1.17 bits per heavy atom. The molecular formula is C13H22N2O3. The van der Waals surface area contributed by atoms with Gasteiger partial charge in [-0.15, -0.1) is 0 Å². The molecule has 0 bridgehead atoms. The third-order valence-electron chi connectivity index (χ3n) is 4.16. The Kier molecular flexibility index (Phi) is 3.50. The Hall–Kier alpha value is -1.26. The van der Waals surface area contributed by atoms with Crippen molar-refractivity contribution in [1.82, 2.24) is 10.2 Å². The van der Waals surface area contributed by atoms with E-state index >= 15 is 0 Å². The molecule has 5 heteroatoms. The normalized spacial score (nSPS) is 21.8. The number of urea groups is 1. The smallest absolute Gasteiger partial charge is 0.317 e. The highest BCUT2D eigenvalue weighted by Crippen LogP contribution is 2.39. The summed E-state index contributed by atoms with van der Waals surface area (Å²) in [5.74, 6) is -0.433. The van der Waals surface area contributed by atoms with Crippen molar-refractivity contribution in [2.24, 2.45) is 11.8 Å². The van der Waals surface area contributed by atoms with Crippen LogP contribution in [-0.4, -0.2) is 40.6 Å². The van der Waals surface area contributed by atoms with Crippen molar-refractivity contribution in [3.63, 3.8) is 0 Å². The van der Waals surface area contributed by atoms with Crippen LogP contribution in [0.4, 0.5) is 4.79 Å². The number of aliphatic carboxylic acids is 1. The Labute approximate surface area is 108 Å². The molecule has 0 aromatic rings. The van der Waals surface area contributed by atoms with Crippen LogP contribution in [0.3, 0.4) is 0 Å². The molecule has 0 aromatic heterocycles. The molecule has 5 nitrogen and oxygen atoms in total. The lowest BCUT2D eigenvalue weighted by atomic mass is 9.96. The van der Waals surface area contributed by atoms with Crippen LogP contribution in [0.15, 0.2) is 0 Å². The Bertz CT molecular complexity index is 342. The van der Waals surface area contributed by atoms with Crippen molar-refractivity contribution < 1.29 is 14.7 Å². The van der Waals surface area contributed by atoms with Crippen LogP contribution in [0.25, 0.3) is 0 Å². The van der Waals surface area contributed by atoms with Gasteiger partial charge in [0.2, 0.25) is 0 Å². The number of likely N-dealkylation sites (tertiary alicyclic amines) is 1. The molecule has 0 radical (unpaired) electrons. The molecule has 0 atom stereocenters. The zero-order valence-electron chi connectivity index (χ0n) is 11.1. The quantitative estimate of drug-likeness (QED) is 0.805. The number of nitrogens with zero attached hydrogens (tertiary/aromatic N) is 1. The van der Waals surface area contributed by atoms with Crippen molar-refractivity contribution >= 4 is 12.0 Å². The average Bonchev–Trinajstić information content (AvgIpc) is 3.12. The molecule has 0 spiro atoms. The summed E-state index contributed by atoms with van der Waals surface area (Å²) in [6, 6.07) is -0.0456. The summed E-state index contributed by atoms with van der Waals surface area (Å²) >= 11 is 0. The number of amides is 2. The maximum absolute atomic E-state index is 12.1. The van der Waals surface area contributed by atoms with E-state index < -0.39 is 5.97 Å². The minimum atomic E-state index is -0.742. The highest BCUT2D eigenvalue weighted by Gasteiger charge is 2.40. The van der Waals surface area contributed by atoms with Crippen molar-refractivity contribution in [2.75, 3.05) is 13.1 Å². The van der Waals surface area contributed by atoms with E-state index in [9.17, 15) is 9.59 Å². The highest BCUT2D eigenvalue weighted by atomic mass is 16.4. The summed E-state index contributed by atoms with van der Waals surface area (Å²) in [5, 5.41) is 12.0. The van der Waals surface area contributed by atoms with Crippen LogP contribution in [0, 0.1) is 11.8 Å². The number of nitrogens with one attached hydrogen (secondary N) is 1. The summed E-state index contributed by atoms with van der Waals surface area (Å²) < 4.78 is 0. The fourth-order valence-corrected chi connectivity index (χ4v) is 2.59. The number of piperidine rings is 1. The van der Waals surface area contributed by atoms with Crippen molar-refractivity contribution in [2.45, 2.75) is 45.1 Å². The third kappa shape index (κ3) is 2.94. The first-order valence-electron chi connectivity index (χ1n) is 6.70. The maximum Gasteiger partial charge on any atom is 0.317 e. The zero-order valence-corrected chi connectivity index (χ0v) is 11.1. The van der Waals surface area contributed by atoms with Gasteiger partial charge in [0.05, 0.1) is 5.92 Å². The Morgan fingerprint density at radius 2 is 1.72 bits per heavy atom. The van der Waals surface area contributed by atoms with Gasteiger partial charge in [0, 0.05) is 18.6 Å². The molecule has 0 aromatic carbocycles. The first kappa shape index (κ1) is 13.2. The number of hydrogen-bond donors (Lipinski definition) is 2. The van der Waals surface area contributed by atoms with Gasteiger partial charge in [-0.3, -0.25) is 4.79 Å². The van der Waals surface area contributed by atoms with E-state index in [2.05, 4.69) is 19.2 Å². The van der Waals surface area contributed by atoms with E-state index in [4.69, 9.17) is 5.11 Å². The van der Waals surface area contributed by atoms with Crippen LogP contribution in [0.2, 0.25) is 0 Å². The molecule has 18 heavy (non-hydrogen) atoms. The van der Waals surface area contributed by atoms with Gasteiger partial charge in [-0.1, -0.05) is 0 Å². The summed E-state index contributed by atoms with van der Waals surface area (Å²) in [4.78, 5) is 24.7. The first-order chi connectivity index (χ1) is 8.40. The fourth-order valence-electron chi connectivity index (χ4n) is 2.59. The topological polar surface area (TPSA) is 69.6 Å². The first-order valence-corrected chi connectivity index (χ1v) is 6.70. The number of carbonyl (C=O) groups excluding carboxylic acids is 1. The molecule has 2 fully saturated rings. The van der Waals surface area contributed by atoms with Crippen LogP contribution >= 0.6 is 0 Å². The van der Waals surface area contributed by atoms with E-state index in [0.717, 1.165) is 0 Å². The SMILES string of the molecule is CC(C)(NC(=O)N1CCC(C(=O)O)CC1)C1CC1. The molecule has 1 saturated heterocycles. The van der Waals surface area contributed by atoms with Gasteiger partial charge in [-0.25, -0.2) is 4.79 Å². The van der Waals surface area contributed by atoms with Crippen LogP contribution in [-0.2, 0) is 4.79 Å². The van der Waals surface area contributed by atoms with Gasteiger partial charge >= 0.3 is 12.0 Å². The Morgan fingerprint density at radius 3 is 2.17 bits per heavy atom. The van der Waals surface area contributed by atoms with E-state index in [1.165, 1.54) is 12.8 Å². The lowest BCUT2D eigenvalue weighted by Gasteiger charge is -2.34. The lowest BCUT2D eigenvalue weighted by Crippen LogP contribution is -2.53. The molecule has 2 N–H and O–H groups in total. The van der Waals surface area contributed by atoms with E-state index in [-0.39, 0.29) is 17.5 Å². The van der Waals surface area contributed by atoms with E-state index in [1.807, 2.05) is 0 Å². The van der Waals surface area contributed by atoms with E-state index in [1.54, 1.807) is 4.90 Å². The van der Waals surface area contributed by atoms with Gasteiger partial charge in [-0.2, -0.15) is 0 Å². The molecule has 1 aliphatic carbocycles. The second kappa shape index (κ2) is 4.78. The summed E-state index contributed by atoms with van der Waals surface area (Å²) in [6.45, 7) is 5.21. The average molecular weight is 254 g/mol. The van der Waals surface area contributed by atoms with E-state index in [0.29, 0.717) is 31.8 Å². The molecule has 2 rings (SSSR count). The van der Waals surface area contributed by atoms with Gasteiger partial charge in [0.25, 0.3) is 0 Å². The molecular weight excluding hydrogens is 232 g/mol. The van der Waals surface area contributed by atoms with Crippen LogP contribution < -0.4 is 5.32 Å². The summed E-state index contributed by atoms with van der Waals surface area (Å²) in [6.07, 6.45) is 3.50. The number of carbonyl (C=O) groups is 2. The number of carboxylic acids is 1. The predicted molar refractivity (Wildman–Crippen MR) is 67.3 cm³/mol. The Balaban J connectivity index is 1.82. The zero-order chi connectivity index (χ0) is 13.3. The molecule has 102 valence electrons. The van der Waals surface area contributed by atoms with Gasteiger partial charge < -0.3 is 15.3 Å². The molecule has 0 unspecified atom stereocenters. The summed E-state index contributed by atoms with van der Waals surface area (Å²) in [7, 11) is 0. The van der Waals surface area contributed by atoms with Crippen molar-refractivity contribution in [3.8, 4) is 0 Å². The second-order valence-electron chi connectivity index (χ2n) is 6.03. The summed E-state index contributed by atoms with van der Waals surface area (Å²) in [5.41, 5.74) is -0.138. The second-order valence-corrected chi connectivity index (χ2v) is 6.03. The minimum absolute atomic E-state index is 0.0456. The molecule has 1 aliphatic heterocycles. The van der Waals surface area contributed by atoms with Crippen molar-refractivity contribution in [3.05, 3.63) is 0 Å². The number of carboxylic acid groups (broad SMARTS) is 1. The maximum atomic E-state index is 12.1. The van der Waals surface area contributed by atoms with Crippen LogP contribution in [0.5, 0.6) is 0 Å². The van der Waals surface area contributed by atoms with Crippen LogP contribution in [0.1, 0.15) is 39.5 Å². The highest BCUT2D eigenvalue weighted by molar-refractivity contribution is 5.76. The number of rotatable bonds is 3. The van der Waals surface area contributed by atoms with Gasteiger partial charge in [-0.05, 0) is 45.4 Å². The molecule has 2 amide bonds. The fraction of sp³-hybridized carbons (Fsp3) is 0.846. The lowest BCUT2D eigenvalue weighted by molar-refractivity contribution is -0.143. The van der Waals surface area contributed by atoms with Gasteiger partial charge in [0.15, 0.2) is 0 Å².